The maximum absolute atomic E-state index is 15.4. The lowest BCUT2D eigenvalue weighted by atomic mass is 9.93. The molecule has 0 spiro atoms. The van der Waals surface area contributed by atoms with Crippen LogP contribution < -0.4 is 10.0 Å². The fraction of sp³-hybridized carbons (Fsp3) is 0.351. The maximum Gasteiger partial charge on any atom is 0.435 e. The number of nitrogens with zero attached hydrogens (tertiary/aromatic N) is 5. The van der Waals surface area contributed by atoms with Crippen LogP contribution in [0.25, 0.3) is 22.0 Å². The molecule has 3 N–H and O–H groups in total. The molecule has 1 amide bonds. The second-order valence-electron chi connectivity index (χ2n) is 14.4. The van der Waals surface area contributed by atoms with E-state index >= 15 is 8.78 Å². The molecule has 2 aliphatic rings. The number of alkyl halides is 5. The lowest BCUT2D eigenvalue weighted by Crippen LogP contribution is -2.35. The molecule has 0 unspecified atom stereocenters. The number of carbonyl (C=O) groups excluding carboxylic acids is 1. The molecule has 1 fully saturated rings. The summed E-state index contributed by atoms with van der Waals surface area (Å²) in [7, 11) is -2.23. The second kappa shape index (κ2) is 13.3. The highest BCUT2D eigenvalue weighted by Crippen LogP contribution is 2.68. The Morgan fingerprint density at radius 1 is 1.07 bits per heavy atom. The standard InChI is InChI=1S/C37H32F7N7O4S/c1-35(2,53)11-10-21-8-9-22(23-6-5-7-24-31(23)50(3)48-34(24)49-56(4,54)55)30(45-21)27(14-18-12-19(38)15-20(39)13-18)46-28(52)17-51-33-29(32(47-51)37(42,43)44)25-16-26(25)36(33,40)41/h5-9,12-13,15,25-27,53H,14,16-17H2,1-4H3,(H,46,52)(H,48,49)/t25-,26+,27-/m0/s1. The molecule has 19 heteroatoms. The number of carbonyl (C=O) groups is 1. The van der Waals surface area contributed by atoms with E-state index in [4.69, 9.17) is 0 Å². The van der Waals surface area contributed by atoms with Gasteiger partial charge in [-0.1, -0.05) is 18.1 Å². The number of aromatic nitrogens is 5. The van der Waals surface area contributed by atoms with Crippen molar-refractivity contribution >= 4 is 32.7 Å². The fourth-order valence-corrected chi connectivity index (χ4v) is 7.71. The third kappa shape index (κ3) is 7.54. The monoisotopic (exact) mass is 803 g/mol. The summed E-state index contributed by atoms with van der Waals surface area (Å²) in [6, 6.07) is 9.12. The summed E-state index contributed by atoms with van der Waals surface area (Å²) >= 11 is 0. The van der Waals surface area contributed by atoms with Crippen LogP contribution in [0.4, 0.5) is 36.6 Å². The Morgan fingerprint density at radius 2 is 1.77 bits per heavy atom. The molecule has 2 aliphatic carbocycles. The van der Waals surface area contributed by atoms with Crippen LogP contribution in [-0.4, -0.2) is 55.8 Å². The third-order valence-electron chi connectivity index (χ3n) is 9.38. The Bertz CT molecular complexity index is 2580. The smallest absolute Gasteiger partial charge is 0.378 e. The number of benzene rings is 2. The van der Waals surface area contributed by atoms with Gasteiger partial charge in [0.05, 0.1) is 23.5 Å². The summed E-state index contributed by atoms with van der Waals surface area (Å²) in [6.07, 6.45) is -4.66. The summed E-state index contributed by atoms with van der Waals surface area (Å²) in [5.74, 6) is -3.72. The Hall–Kier alpha value is -5.48. The summed E-state index contributed by atoms with van der Waals surface area (Å²) < 4.78 is 130. The minimum atomic E-state index is -5.07. The van der Waals surface area contributed by atoms with Gasteiger partial charge in [-0.25, -0.2) is 22.2 Å². The molecule has 0 aliphatic heterocycles. The van der Waals surface area contributed by atoms with E-state index in [2.05, 4.69) is 37.1 Å². The lowest BCUT2D eigenvalue weighted by molar-refractivity contribution is -0.142. The number of aryl methyl sites for hydroxylation is 1. The van der Waals surface area contributed by atoms with Gasteiger partial charge in [-0.15, -0.1) is 0 Å². The molecule has 3 heterocycles. The zero-order valence-corrected chi connectivity index (χ0v) is 30.8. The van der Waals surface area contributed by atoms with Crippen molar-refractivity contribution in [1.82, 2.24) is 29.9 Å². The molecule has 5 aromatic rings. The summed E-state index contributed by atoms with van der Waals surface area (Å²) in [6.45, 7) is 1.77. The van der Waals surface area contributed by atoms with Crippen LogP contribution in [0, 0.1) is 29.4 Å². The minimum absolute atomic E-state index is 0.00476. The molecule has 2 aromatic carbocycles. The molecular formula is C37H32F7N7O4S. The van der Waals surface area contributed by atoms with Crippen LogP contribution in [0.3, 0.4) is 0 Å². The zero-order chi connectivity index (χ0) is 40.7. The summed E-state index contributed by atoms with van der Waals surface area (Å²) in [4.78, 5) is 18.5. The van der Waals surface area contributed by atoms with E-state index in [-0.39, 0.29) is 41.2 Å². The average molecular weight is 804 g/mol. The summed E-state index contributed by atoms with van der Waals surface area (Å²) in [5, 5.41) is 21.0. The first kappa shape index (κ1) is 38.8. The minimum Gasteiger partial charge on any atom is -0.378 e. The van der Waals surface area contributed by atoms with Crippen molar-refractivity contribution in [2.24, 2.45) is 13.0 Å². The van der Waals surface area contributed by atoms with E-state index in [1.165, 1.54) is 24.6 Å². The predicted molar refractivity (Wildman–Crippen MR) is 189 cm³/mol. The van der Waals surface area contributed by atoms with Gasteiger partial charge in [0.1, 0.15) is 35.2 Å². The number of hydrogen-bond acceptors (Lipinski definition) is 7. The number of anilines is 1. The lowest BCUT2D eigenvalue weighted by Gasteiger charge is -2.23. The molecule has 294 valence electrons. The van der Waals surface area contributed by atoms with Gasteiger partial charge in [0.2, 0.25) is 15.9 Å². The van der Waals surface area contributed by atoms with Gasteiger partial charge in [0.25, 0.3) is 5.92 Å². The Labute approximate surface area is 315 Å². The Kier molecular flexibility index (Phi) is 9.23. The van der Waals surface area contributed by atoms with E-state index in [9.17, 15) is 40.3 Å². The van der Waals surface area contributed by atoms with Crippen LogP contribution in [-0.2, 0) is 46.9 Å². The van der Waals surface area contributed by atoms with Crippen molar-refractivity contribution in [3.05, 3.63) is 94.1 Å². The van der Waals surface area contributed by atoms with Crippen molar-refractivity contribution in [3.8, 4) is 23.0 Å². The molecule has 1 saturated carbocycles. The largest absolute Gasteiger partial charge is 0.435 e. The number of para-hydroxylation sites is 1. The van der Waals surface area contributed by atoms with E-state index < -0.39 is 86.6 Å². The number of aliphatic hydroxyl groups is 1. The van der Waals surface area contributed by atoms with Gasteiger partial charge < -0.3 is 10.4 Å². The molecule has 56 heavy (non-hydrogen) atoms. The van der Waals surface area contributed by atoms with E-state index in [0.717, 1.165) is 18.4 Å². The first-order chi connectivity index (χ1) is 26.0. The highest BCUT2D eigenvalue weighted by molar-refractivity contribution is 7.92. The molecule has 3 aromatic heterocycles. The molecule has 7 rings (SSSR count). The van der Waals surface area contributed by atoms with Gasteiger partial charge in [-0.2, -0.15) is 32.1 Å². The van der Waals surface area contributed by atoms with Crippen molar-refractivity contribution in [1.29, 1.82) is 0 Å². The van der Waals surface area contributed by atoms with Gasteiger partial charge in [-0.05, 0) is 74.4 Å². The zero-order valence-electron chi connectivity index (χ0n) is 29.9. The first-order valence-electron chi connectivity index (χ1n) is 17.0. The quantitative estimate of drug-likeness (QED) is 0.124. The van der Waals surface area contributed by atoms with E-state index in [0.29, 0.717) is 27.2 Å². The van der Waals surface area contributed by atoms with Crippen molar-refractivity contribution < 1.29 is 49.1 Å². The van der Waals surface area contributed by atoms with Gasteiger partial charge in [0, 0.05) is 41.1 Å². The number of fused-ring (bicyclic) bond motifs is 4. The molecule has 11 nitrogen and oxygen atoms in total. The van der Waals surface area contributed by atoms with Gasteiger partial charge >= 0.3 is 6.18 Å². The Balaban J connectivity index is 1.38. The normalized spacial score (nSPS) is 17.9. The number of amides is 1. The SMILES string of the molecule is Cn1nc(NS(C)(=O)=O)c2cccc(-c3ccc(C#CC(C)(C)O)nc3[C@H](Cc3cc(F)cc(F)c3)NC(=O)Cn3nc(C(F)(F)F)c4c3C(F)(F)[C@@H]3C[C@H]43)c21. The van der Waals surface area contributed by atoms with Crippen LogP contribution in [0.15, 0.2) is 48.5 Å². The summed E-state index contributed by atoms with van der Waals surface area (Å²) in [5.41, 5.74) is -3.48. The Morgan fingerprint density at radius 3 is 2.41 bits per heavy atom. The van der Waals surface area contributed by atoms with Crippen molar-refractivity contribution in [3.63, 3.8) is 0 Å². The molecular weight excluding hydrogens is 772 g/mol. The van der Waals surface area contributed by atoms with E-state index in [1.807, 2.05) is 0 Å². The van der Waals surface area contributed by atoms with Gasteiger partial charge in [-0.3, -0.25) is 18.9 Å². The second-order valence-corrected chi connectivity index (χ2v) is 16.2. The highest BCUT2D eigenvalue weighted by Gasteiger charge is 2.68. The van der Waals surface area contributed by atoms with Crippen LogP contribution in [0.2, 0.25) is 0 Å². The van der Waals surface area contributed by atoms with Gasteiger partial charge in [0.15, 0.2) is 11.5 Å². The number of hydrogen-bond donors (Lipinski definition) is 3. The molecule has 0 radical (unpaired) electrons. The average Bonchev–Trinajstić information content (AvgIpc) is 3.61. The van der Waals surface area contributed by atoms with Crippen molar-refractivity contribution in [2.75, 3.05) is 11.0 Å². The number of sulfonamides is 1. The molecule has 3 atom stereocenters. The highest BCUT2D eigenvalue weighted by atomic mass is 32.2. The predicted octanol–water partition coefficient (Wildman–Crippen LogP) is 5.93. The fourth-order valence-electron chi connectivity index (χ4n) is 7.21. The van der Waals surface area contributed by atoms with E-state index in [1.54, 1.807) is 31.3 Å². The number of pyridine rings is 1. The first-order valence-corrected chi connectivity index (χ1v) is 18.9. The number of nitrogens with one attached hydrogen (secondary N) is 2. The molecule has 0 saturated heterocycles. The number of rotatable bonds is 9. The van der Waals surface area contributed by atoms with Crippen molar-refractivity contribution in [2.45, 2.75) is 62.9 Å². The number of halogens is 7. The van der Waals surface area contributed by atoms with Crippen LogP contribution >= 0.6 is 0 Å². The molecule has 0 bridgehead atoms. The van der Waals surface area contributed by atoms with Crippen LogP contribution in [0.5, 0.6) is 0 Å². The third-order valence-corrected chi connectivity index (χ3v) is 9.94. The maximum atomic E-state index is 15.4. The topological polar surface area (TPSA) is 144 Å². The van der Waals surface area contributed by atoms with Crippen LogP contribution in [0.1, 0.15) is 66.1 Å².